The molecule has 6 heteroatoms. The van der Waals surface area contributed by atoms with Gasteiger partial charge in [-0.05, 0) is 39.5 Å². The first kappa shape index (κ1) is 19.0. The van der Waals surface area contributed by atoms with Gasteiger partial charge in [0.2, 0.25) is 0 Å². The van der Waals surface area contributed by atoms with Gasteiger partial charge in [-0.15, -0.1) is 24.0 Å². The van der Waals surface area contributed by atoms with Crippen molar-refractivity contribution in [3.05, 3.63) is 0 Å². The molecule has 0 radical (unpaired) electrons. The quantitative estimate of drug-likeness (QED) is 0.333. The summed E-state index contributed by atoms with van der Waals surface area (Å²) >= 11 is 0. The highest BCUT2D eigenvalue weighted by Gasteiger charge is 2.21. The van der Waals surface area contributed by atoms with Gasteiger partial charge in [0.25, 0.3) is 0 Å². The van der Waals surface area contributed by atoms with Gasteiger partial charge in [0.15, 0.2) is 5.96 Å². The average Bonchev–Trinajstić information content (AvgIpc) is 2.43. The van der Waals surface area contributed by atoms with E-state index in [2.05, 4.69) is 28.6 Å². The van der Waals surface area contributed by atoms with Gasteiger partial charge in [-0.1, -0.05) is 0 Å². The molecular formula is C15H31IN4O. The number of hydrogen-bond acceptors (Lipinski definition) is 3. The molecule has 21 heavy (non-hydrogen) atoms. The summed E-state index contributed by atoms with van der Waals surface area (Å²) in [5.74, 6) is 0.744. The van der Waals surface area contributed by atoms with Crippen LogP contribution in [0.25, 0.3) is 0 Å². The second kappa shape index (κ2) is 9.84. The molecule has 0 saturated carbocycles. The second-order valence-corrected chi connectivity index (χ2v) is 6.16. The summed E-state index contributed by atoms with van der Waals surface area (Å²) in [6.07, 6.45) is 5.60. The Labute approximate surface area is 146 Å². The summed E-state index contributed by atoms with van der Waals surface area (Å²) in [5.41, 5.74) is 6.05. The zero-order valence-corrected chi connectivity index (χ0v) is 15.8. The molecule has 2 rings (SSSR count). The molecule has 0 aromatic rings. The Kier molecular flexibility index (Phi) is 8.89. The van der Waals surface area contributed by atoms with Crippen molar-refractivity contribution >= 4 is 29.9 Å². The lowest BCUT2D eigenvalue weighted by Crippen LogP contribution is -2.45. The molecule has 2 fully saturated rings. The molecule has 0 spiro atoms. The highest BCUT2D eigenvalue weighted by molar-refractivity contribution is 14.0. The molecule has 2 atom stereocenters. The molecule has 0 aromatic heterocycles. The van der Waals surface area contributed by atoms with E-state index in [1.165, 1.54) is 19.3 Å². The number of rotatable bonds is 4. The Morgan fingerprint density at radius 2 is 1.76 bits per heavy atom. The van der Waals surface area contributed by atoms with Crippen LogP contribution in [0, 0.1) is 0 Å². The number of aliphatic imine (C=N–C) groups is 1. The largest absolute Gasteiger partial charge is 0.373 e. The highest BCUT2D eigenvalue weighted by atomic mass is 127. The van der Waals surface area contributed by atoms with E-state index in [1.807, 2.05) is 0 Å². The number of halogens is 1. The Morgan fingerprint density at radius 3 is 2.38 bits per heavy atom. The normalized spacial score (nSPS) is 28.3. The van der Waals surface area contributed by atoms with Crippen LogP contribution in [0.1, 0.15) is 39.5 Å². The van der Waals surface area contributed by atoms with Crippen LogP contribution in [-0.2, 0) is 4.74 Å². The van der Waals surface area contributed by atoms with Gasteiger partial charge >= 0.3 is 0 Å². The minimum Gasteiger partial charge on any atom is -0.373 e. The maximum absolute atomic E-state index is 6.05. The Bertz CT molecular complexity index is 311. The Hall–Kier alpha value is -0.0800. The maximum Gasteiger partial charge on any atom is 0.191 e. The Morgan fingerprint density at radius 1 is 1.14 bits per heavy atom. The second-order valence-electron chi connectivity index (χ2n) is 6.16. The smallest absolute Gasteiger partial charge is 0.191 e. The SMILES string of the molecule is CC1CN(CCCN=C(N)N2CCCCC2)CC(C)O1.I. The van der Waals surface area contributed by atoms with Gasteiger partial charge < -0.3 is 15.4 Å². The van der Waals surface area contributed by atoms with E-state index in [0.717, 1.165) is 51.6 Å². The summed E-state index contributed by atoms with van der Waals surface area (Å²) in [6.45, 7) is 10.5. The van der Waals surface area contributed by atoms with E-state index in [1.54, 1.807) is 0 Å². The molecule has 5 nitrogen and oxygen atoms in total. The fraction of sp³-hybridized carbons (Fsp3) is 0.933. The van der Waals surface area contributed by atoms with Gasteiger partial charge in [-0.25, -0.2) is 0 Å². The standard InChI is InChI=1S/C15H30N4O.HI/c1-13-11-18(12-14(2)20-13)8-6-7-17-15(16)19-9-4-3-5-10-19;/h13-14H,3-12H2,1-2H3,(H2,16,17);1H. The van der Waals surface area contributed by atoms with E-state index in [0.29, 0.717) is 12.2 Å². The third kappa shape index (κ3) is 6.69. The van der Waals surface area contributed by atoms with Crippen molar-refractivity contribution < 1.29 is 4.74 Å². The zero-order valence-electron chi connectivity index (χ0n) is 13.5. The van der Waals surface area contributed by atoms with Gasteiger partial charge in [0.1, 0.15) is 0 Å². The van der Waals surface area contributed by atoms with Crippen LogP contribution in [0.15, 0.2) is 4.99 Å². The van der Waals surface area contributed by atoms with Crippen LogP contribution >= 0.6 is 24.0 Å². The molecule has 2 aliphatic heterocycles. The summed E-state index contributed by atoms with van der Waals surface area (Å²) < 4.78 is 5.74. The summed E-state index contributed by atoms with van der Waals surface area (Å²) in [7, 11) is 0. The first-order valence-corrected chi connectivity index (χ1v) is 8.08. The van der Waals surface area contributed by atoms with E-state index in [9.17, 15) is 0 Å². The summed E-state index contributed by atoms with van der Waals surface area (Å²) in [5, 5.41) is 0. The van der Waals surface area contributed by atoms with Crippen LogP contribution in [0.5, 0.6) is 0 Å². The van der Waals surface area contributed by atoms with Gasteiger partial charge in [0, 0.05) is 39.3 Å². The molecule has 0 aliphatic carbocycles. The number of guanidine groups is 1. The van der Waals surface area contributed by atoms with Gasteiger partial charge in [-0.3, -0.25) is 9.89 Å². The number of likely N-dealkylation sites (tertiary alicyclic amines) is 1. The van der Waals surface area contributed by atoms with Crippen LogP contribution in [0.3, 0.4) is 0 Å². The first-order valence-electron chi connectivity index (χ1n) is 8.08. The van der Waals surface area contributed by atoms with Crippen LogP contribution in [0.2, 0.25) is 0 Å². The van der Waals surface area contributed by atoms with E-state index in [-0.39, 0.29) is 24.0 Å². The average molecular weight is 410 g/mol. The number of ether oxygens (including phenoxy) is 1. The van der Waals surface area contributed by atoms with Crippen molar-refractivity contribution in [2.45, 2.75) is 51.7 Å². The number of morpholine rings is 1. The molecule has 2 N–H and O–H groups in total. The number of nitrogens with zero attached hydrogens (tertiary/aromatic N) is 3. The molecule has 2 saturated heterocycles. The van der Waals surface area contributed by atoms with Gasteiger partial charge in [-0.2, -0.15) is 0 Å². The third-order valence-corrected chi connectivity index (χ3v) is 4.08. The minimum atomic E-state index is 0. The molecule has 124 valence electrons. The molecule has 2 unspecified atom stereocenters. The predicted molar refractivity (Wildman–Crippen MR) is 98.4 cm³/mol. The third-order valence-electron chi connectivity index (χ3n) is 4.08. The first-order chi connectivity index (χ1) is 9.65. The van der Waals surface area contributed by atoms with Crippen LogP contribution in [0.4, 0.5) is 0 Å². The molecule has 2 heterocycles. The van der Waals surface area contributed by atoms with E-state index in [4.69, 9.17) is 10.5 Å². The van der Waals surface area contributed by atoms with E-state index >= 15 is 0 Å². The lowest BCUT2D eigenvalue weighted by Gasteiger charge is -2.35. The maximum atomic E-state index is 6.05. The number of nitrogens with two attached hydrogens (primary N) is 1. The fourth-order valence-corrected chi connectivity index (χ4v) is 3.18. The molecule has 0 bridgehead atoms. The molecule has 0 aromatic carbocycles. The monoisotopic (exact) mass is 410 g/mol. The highest BCUT2D eigenvalue weighted by Crippen LogP contribution is 2.11. The van der Waals surface area contributed by atoms with E-state index < -0.39 is 0 Å². The summed E-state index contributed by atoms with van der Waals surface area (Å²) in [6, 6.07) is 0. The lowest BCUT2D eigenvalue weighted by atomic mass is 10.1. The molecular weight excluding hydrogens is 379 g/mol. The van der Waals surface area contributed by atoms with Crippen molar-refractivity contribution in [3.63, 3.8) is 0 Å². The van der Waals surface area contributed by atoms with Gasteiger partial charge in [0.05, 0.1) is 12.2 Å². The van der Waals surface area contributed by atoms with Crippen molar-refractivity contribution in [2.24, 2.45) is 10.7 Å². The number of piperidine rings is 1. The number of hydrogen-bond donors (Lipinski definition) is 1. The minimum absolute atomic E-state index is 0. The topological polar surface area (TPSA) is 54.1 Å². The van der Waals surface area contributed by atoms with Crippen molar-refractivity contribution in [1.29, 1.82) is 0 Å². The molecule has 0 amide bonds. The summed E-state index contributed by atoms with van der Waals surface area (Å²) in [4.78, 5) is 9.23. The fourth-order valence-electron chi connectivity index (χ4n) is 3.18. The van der Waals surface area contributed by atoms with Crippen molar-refractivity contribution in [3.8, 4) is 0 Å². The van der Waals surface area contributed by atoms with Crippen molar-refractivity contribution in [2.75, 3.05) is 39.3 Å². The predicted octanol–water partition coefficient (Wildman–Crippen LogP) is 1.90. The molecule has 2 aliphatic rings. The zero-order chi connectivity index (χ0) is 14.4. The lowest BCUT2D eigenvalue weighted by molar-refractivity contribution is -0.0679. The van der Waals surface area contributed by atoms with Crippen molar-refractivity contribution in [1.82, 2.24) is 9.80 Å². The van der Waals surface area contributed by atoms with Crippen LogP contribution < -0.4 is 5.73 Å². The van der Waals surface area contributed by atoms with Crippen LogP contribution in [-0.4, -0.2) is 67.2 Å². The Balaban J connectivity index is 0.00000220.